The van der Waals surface area contributed by atoms with Crippen LogP contribution in [0.1, 0.15) is 309 Å². The lowest BCUT2D eigenvalue weighted by atomic mass is 10.0. The molecule has 0 radical (unpaired) electrons. The molecule has 0 bridgehead atoms. The summed E-state index contributed by atoms with van der Waals surface area (Å²) < 4.78 is 0. The van der Waals surface area contributed by atoms with E-state index < -0.39 is 24.2 Å². The first-order valence-electron chi connectivity index (χ1n) is 30.1. The predicted octanol–water partition coefficient (Wildman–Crippen LogP) is 19.0. The molecule has 0 fully saturated rings. The van der Waals surface area contributed by atoms with E-state index in [2.05, 4.69) is 67.8 Å². The summed E-state index contributed by atoms with van der Waals surface area (Å²) >= 11 is 0. The van der Waals surface area contributed by atoms with E-state index in [1.165, 1.54) is 238 Å². The Labute approximate surface area is 424 Å². The van der Waals surface area contributed by atoms with Crippen LogP contribution in [0.4, 0.5) is 0 Å². The predicted molar refractivity (Wildman–Crippen MR) is 300 cm³/mol. The number of carbonyl (C=O) groups is 1. The van der Waals surface area contributed by atoms with Crippen molar-refractivity contribution in [2.75, 3.05) is 6.61 Å². The van der Waals surface area contributed by atoms with E-state index >= 15 is 0 Å². The standard InChI is InChI=1S/C63H117NO4/c1-3-5-7-9-11-13-15-17-19-21-23-25-27-28-29-30-31-32-33-34-35-36-38-40-42-44-46-48-50-52-54-56-58-62(67)63(68)64-60(59-65)61(66)57-55-53-51-49-47-45-43-41-39-37-26-24-22-20-18-16-14-12-10-8-6-4-2/h23,25,28-29,39,41,47,49,55,57,60-62,65-67H,3-22,24,26-27,30-38,40,42-46,48,50-54,56,58-59H2,1-2H3,(H,64,68)/b25-23-,29-28-,41-39+,49-47+,57-55+. The molecule has 0 spiro atoms. The largest absolute Gasteiger partial charge is 0.394 e. The molecule has 4 N–H and O–H groups in total. The highest BCUT2D eigenvalue weighted by atomic mass is 16.3. The van der Waals surface area contributed by atoms with Crippen molar-refractivity contribution in [2.24, 2.45) is 0 Å². The maximum absolute atomic E-state index is 12.6. The van der Waals surface area contributed by atoms with Crippen LogP contribution in [0.5, 0.6) is 0 Å². The molecule has 0 aromatic heterocycles. The summed E-state index contributed by atoms with van der Waals surface area (Å²) in [6.07, 6.45) is 78.9. The quantitative estimate of drug-likeness (QED) is 0.0361. The van der Waals surface area contributed by atoms with Gasteiger partial charge in [0.25, 0.3) is 0 Å². The van der Waals surface area contributed by atoms with E-state index in [0.717, 1.165) is 51.4 Å². The molecule has 0 saturated heterocycles. The summed E-state index contributed by atoms with van der Waals surface area (Å²) in [6.45, 7) is 4.19. The summed E-state index contributed by atoms with van der Waals surface area (Å²) in [6, 6.07) is -0.824. The molecule has 0 saturated carbocycles. The Morgan fingerprint density at radius 1 is 0.368 bits per heavy atom. The van der Waals surface area contributed by atoms with Crippen LogP contribution in [0.2, 0.25) is 0 Å². The lowest BCUT2D eigenvalue weighted by molar-refractivity contribution is -0.131. The van der Waals surface area contributed by atoms with Gasteiger partial charge in [-0.25, -0.2) is 0 Å². The molecule has 1 amide bonds. The number of unbranched alkanes of at least 4 members (excludes halogenated alkanes) is 39. The molecule has 3 atom stereocenters. The summed E-state index contributed by atoms with van der Waals surface area (Å²) in [5.41, 5.74) is 0. The molecule has 0 aliphatic rings. The van der Waals surface area contributed by atoms with E-state index in [9.17, 15) is 20.1 Å². The van der Waals surface area contributed by atoms with E-state index in [1.807, 2.05) is 6.08 Å². The summed E-state index contributed by atoms with van der Waals surface area (Å²) in [5.74, 6) is -0.515. The Hall–Kier alpha value is -1.95. The van der Waals surface area contributed by atoms with Gasteiger partial charge in [0, 0.05) is 0 Å². The normalized spacial score (nSPS) is 13.7. The third kappa shape index (κ3) is 51.9. The van der Waals surface area contributed by atoms with Crippen LogP contribution >= 0.6 is 0 Å². The third-order valence-electron chi connectivity index (χ3n) is 13.8. The Balaban J connectivity index is 3.60. The number of aliphatic hydroxyl groups excluding tert-OH is 3. The second-order valence-electron chi connectivity index (χ2n) is 20.5. The maximum Gasteiger partial charge on any atom is 0.249 e. The highest BCUT2D eigenvalue weighted by Crippen LogP contribution is 2.17. The molecular weight excluding hydrogens is 835 g/mol. The number of amides is 1. The molecule has 3 unspecified atom stereocenters. The van der Waals surface area contributed by atoms with Crippen molar-refractivity contribution in [3.63, 3.8) is 0 Å². The van der Waals surface area contributed by atoms with Gasteiger partial charge >= 0.3 is 0 Å². The van der Waals surface area contributed by atoms with Gasteiger partial charge in [0.15, 0.2) is 0 Å². The number of nitrogens with one attached hydrogen (secondary N) is 1. The van der Waals surface area contributed by atoms with Crippen LogP contribution in [-0.4, -0.2) is 46.1 Å². The second kappa shape index (κ2) is 57.6. The molecule has 68 heavy (non-hydrogen) atoms. The summed E-state index contributed by atoms with van der Waals surface area (Å²) in [5, 5.41) is 33.4. The fourth-order valence-corrected chi connectivity index (χ4v) is 9.13. The zero-order chi connectivity index (χ0) is 49.3. The zero-order valence-corrected chi connectivity index (χ0v) is 45.5. The van der Waals surface area contributed by atoms with Crippen LogP contribution in [0.3, 0.4) is 0 Å². The number of allylic oxidation sites excluding steroid dienone is 9. The fraction of sp³-hybridized carbons (Fsp3) is 0.825. The van der Waals surface area contributed by atoms with E-state index in [1.54, 1.807) is 6.08 Å². The average molecular weight is 953 g/mol. The molecule has 398 valence electrons. The first-order valence-corrected chi connectivity index (χ1v) is 30.1. The Kier molecular flexibility index (Phi) is 56.0. The molecule has 0 aliphatic carbocycles. The van der Waals surface area contributed by atoms with Crippen LogP contribution in [-0.2, 0) is 4.79 Å². The van der Waals surface area contributed by atoms with Crippen LogP contribution in [0.25, 0.3) is 0 Å². The second-order valence-corrected chi connectivity index (χ2v) is 20.5. The highest BCUT2D eigenvalue weighted by Gasteiger charge is 2.22. The summed E-state index contributed by atoms with van der Waals surface area (Å²) in [4.78, 5) is 12.6. The van der Waals surface area contributed by atoms with Gasteiger partial charge in [-0.2, -0.15) is 0 Å². The smallest absolute Gasteiger partial charge is 0.249 e. The van der Waals surface area contributed by atoms with Gasteiger partial charge in [-0.1, -0.05) is 293 Å². The number of rotatable bonds is 55. The summed E-state index contributed by atoms with van der Waals surface area (Å²) in [7, 11) is 0. The molecule has 0 aromatic rings. The van der Waals surface area contributed by atoms with Crippen molar-refractivity contribution in [1.29, 1.82) is 0 Å². The molecule has 0 heterocycles. The van der Waals surface area contributed by atoms with E-state index in [0.29, 0.717) is 6.42 Å². The van der Waals surface area contributed by atoms with Crippen molar-refractivity contribution in [2.45, 2.75) is 327 Å². The minimum absolute atomic E-state index is 0.382. The Morgan fingerprint density at radius 3 is 0.985 bits per heavy atom. The van der Waals surface area contributed by atoms with Gasteiger partial charge in [0.1, 0.15) is 6.10 Å². The fourth-order valence-electron chi connectivity index (χ4n) is 9.13. The van der Waals surface area contributed by atoms with Crippen LogP contribution < -0.4 is 5.32 Å². The van der Waals surface area contributed by atoms with Gasteiger partial charge in [-0.15, -0.1) is 0 Å². The topological polar surface area (TPSA) is 89.8 Å². The average Bonchev–Trinajstić information content (AvgIpc) is 3.34. The molecular formula is C63H117NO4. The molecule has 0 aromatic carbocycles. The van der Waals surface area contributed by atoms with E-state index in [4.69, 9.17) is 0 Å². The Bertz CT molecular complexity index is 1140. The third-order valence-corrected chi connectivity index (χ3v) is 13.8. The van der Waals surface area contributed by atoms with Gasteiger partial charge < -0.3 is 20.6 Å². The molecule has 5 heteroatoms. The first-order chi connectivity index (χ1) is 33.6. The van der Waals surface area contributed by atoms with Crippen LogP contribution in [0, 0.1) is 0 Å². The van der Waals surface area contributed by atoms with Crippen molar-refractivity contribution in [3.8, 4) is 0 Å². The molecule has 0 rings (SSSR count). The number of carbonyl (C=O) groups excluding carboxylic acids is 1. The van der Waals surface area contributed by atoms with Crippen molar-refractivity contribution in [3.05, 3.63) is 60.8 Å². The minimum atomic E-state index is -1.11. The van der Waals surface area contributed by atoms with Crippen molar-refractivity contribution < 1.29 is 20.1 Å². The van der Waals surface area contributed by atoms with Gasteiger partial charge in [0.05, 0.1) is 18.8 Å². The maximum atomic E-state index is 12.6. The lowest BCUT2D eigenvalue weighted by Crippen LogP contribution is -2.48. The van der Waals surface area contributed by atoms with Crippen LogP contribution in [0.15, 0.2) is 60.8 Å². The first kappa shape index (κ1) is 66.0. The Morgan fingerprint density at radius 2 is 0.647 bits per heavy atom. The van der Waals surface area contributed by atoms with Gasteiger partial charge in [0.2, 0.25) is 5.91 Å². The molecule has 5 nitrogen and oxygen atoms in total. The van der Waals surface area contributed by atoms with Crippen molar-refractivity contribution in [1.82, 2.24) is 5.32 Å². The van der Waals surface area contributed by atoms with Crippen molar-refractivity contribution >= 4 is 5.91 Å². The zero-order valence-electron chi connectivity index (χ0n) is 45.5. The minimum Gasteiger partial charge on any atom is -0.394 e. The highest BCUT2D eigenvalue weighted by molar-refractivity contribution is 5.80. The lowest BCUT2D eigenvalue weighted by Gasteiger charge is -2.21. The number of aliphatic hydroxyl groups is 3. The molecule has 0 aliphatic heterocycles. The monoisotopic (exact) mass is 952 g/mol. The number of hydrogen-bond donors (Lipinski definition) is 4. The SMILES string of the molecule is CCCCCCCCCCC/C=C\C/C=C\CCCCCCCCCCCCCCCCCCC(O)C(=O)NC(CO)C(O)/C=C/CC/C=C/CC/C=C/CCCCCCCCCCCCCC. The number of hydrogen-bond acceptors (Lipinski definition) is 4. The van der Waals surface area contributed by atoms with Gasteiger partial charge in [-0.3, -0.25) is 4.79 Å². The van der Waals surface area contributed by atoms with E-state index in [-0.39, 0.29) is 6.61 Å². The van der Waals surface area contributed by atoms with Gasteiger partial charge in [-0.05, 0) is 77.0 Å².